The molecule has 1 amide bonds. The van der Waals surface area contributed by atoms with Gasteiger partial charge in [-0.15, -0.1) is 0 Å². The largest absolute Gasteiger partial charge is 0.364 e. The number of hydrogen-bond donors (Lipinski definition) is 1. The van der Waals surface area contributed by atoms with Crippen molar-refractivity contribution in [2.75, 3.05) is 10.2 Å². The van der Waals surface area contributed by atoms with Crippen molar-refractivity contribution in [3.63, 3.8) is 0 Å². The van der Waals surface area contributed by atoms with Gasteiger partial charge >= 0.3 is 0 Å². The molecule has 0 radical (unpaired) electrons. The molecule has 3 heteroatoms. The van der Waals surface area contributed by atoms with E-state index in [0.29, 0.717) is 0 Å². The summed E-state index contributed by atoms with van der Waals surface area (Å²) < 4.78 is 0. The van der Waals surface area contributed by atoms with E-state index >= 15 is 0 Å². The number of nitrogens with zero attached hydrogens (tertiary/aromatic N) is 1. The Morgan fingerprint density at radius 2 is 1.57 bits per heavy atom. The van der Waals surface area contributed by atoms with Crippen LogP contribution in [0.3, 0.4) is 0 Å². The van der Waals surface area contributed by atoms with Gasteiger partial charge in [-0.1, -0.05) is 51.1 Å². The second kappa shape index (κ2) is 4.92. The molecule has 2 aromatic rings. The van der Waals surface area contributed by atoms with Gasteiger partial charge in [-0.2, -0.15) is 0 Å². The minimum Gasteiger partial charge on any atom is -0.364 e. The molecular weight excluding hydrogens is 260 g/mol. The molecule has 1 aliphatic heterocycles. The predicted octanol–water partition coefficient (Wildman–Crippen LogP) is 4.13. The summed E-state index contributed by atoms with van der Waals surface area (Å²) >= 11 is 0. The number of nitrogens with one attached hydrogen (secondary N) is 1. The highest BCUT2D eigenvalue weighted by molar-refractivity contribution is 6.12. The van der Waals surface area contributed by atoms with Crippen LogP contribution in [0.5, 0.6) is 0 Å². The molecule has 2 aromatic carbocycles. The quantitative estimate of drug-likeness (QED) is 0.851. The van der Waals surface area contributed by atoms with E-state index in [1.54, 1.807) is 0 Å². The zero-order valence-electron chi connectivity index (χ0n) is 12.6. The van der Waals surface area contributed by atoms with Gasteiger partial charge in [-0.05, 0) is 24.3 Å². The van der Waals surface area contributed by atoms with Crippen LogP contribution >= 0.6 is 0 Å². The van der Waals surface area contributed by atoms with Gasteiger partial charge in [0.25, 0.3) is 5.91 Å². The summed E-state index contributed by atoms with van der Waals surface area (Å²) in [5.41, 5.74) is 2.47. The smallest absolute Gasteiger partial charge is 0.262 e. The van der Waals surface area contributed by atoms with E-state index in [1.165, 1.54) is 0 Å². The van der Waals surface area contributed by atoms with Gasteiger partial charge in [0.2, 0.25) is 0 Å². The Morgan fingerprint density at radius 3 is 2.24 bits per heavy atom. The lowest BCUT2D eigenvalue weighted by atomic mass is 9.88. The first-order valence-corrected chi connectivity index (χ1v) is 7.22. The molecule has 0 fully saturated rings. The molecule has 21 heavy (non-hydrogen) atoms. The molecule has 0 spiro atoms. The summed E-state index contributed by atoms with van der Waals surface area (Å²) in [6, 6.07) is 17.5. The number of anilines is 2. The van der Waals surface area contributed by atoms with Crippen molar-refractivity contribution in [3.8, 4) is 0 Å². The number of rotatable bonds is 1. The summed E-state index contributed by atoms with van der Waals surface area (Å²) in [5.74, 6) is 0.0514. The molecule has 1 atom stereocenters. The summed E-state index contributed by atoms with van der Waals surface area (Å²) in [6.45, 7) is 6.42. The maximum Gasteiger partial charge on any atom is 0.262 e. The van der Waals surface area contributed by atoms with Crippen LogP contribution in [-0.4, -0.2) is 12.1 Å². The van der Waals surface area contributed by atoms with Crippen LogP contribution in [0, 0.1) is 5.41 Å². The standard InChI is InChI=1S/C18H20N2O/c1-18(2,3)17-19-15-12-8-7-11-14(15)16(21)20(17)13-9-5-4-6-10-13/h4-12,17,19H,1-3H3. The average Bonchev–Trinajstić information content (AvgIpc) is 2.47. The molecule has 0 bridgehead atoms. The molecule has 1 heterocycles. The lowest BCUT2D eigenvalue weighted by molar-refractivity contribution is 0.0955. The van der Waals surface area contributed by atoms with E-state index in [0.717, 1.165) is 16.9 Å². The Hall–Kier alpha value is -2.29. The Bertz CT molecular complexity index is 658. The first-order valence-electron chi connectivity index (χ1n) is 7.22. The Labute approximate surface area is 125 Å². The van der Waals surface area contributed by atoms with Gasteiger partial charge in [0.1, 0.15) is 6.17 Å². The SMILES string of the molecule is CC(C)(C)C1Nc2ccccc2C(=O)N1c1ccccc1. The number of carbonyl (C=O) groups is 1. The minimum atomic E-state index is -0.0843. The summed E-state index contributed by atoms with van der Waals surface area (Å²) in [5, 5.41) is 3.52. The summed E-state index contributed by atoms with van der Waals surface area (Å²) in [6.07, 6.45) is -0.0812. The molecule has 1 N–H and O–H groups in total. The van der Waals surface area contributed by atoms with Crippen molar-refractivity contribution in [1.82, 2.24) is 0 Å². The summed E-state index contributed by atoms with van der Waals surface area (Å²) in [7, 11) is 0. The molecular formula is C18H20N2O. The number of benzene rings is 2. The molecule has 3 rings (SSSR count). The lowest BCUT2D eigenvalue weighted by Gasteiger charge is -2.44. The van der Waals surface area contributed by atoms with Crippen molar-refractivity contribution >= 4 is 17.3 Å². The topological polar surface area (TPSA) is 32.3 Å². The zero-order valence-corrected chi connectivity index (χ0v) is 12.6. The van der Waals surface area contributed by atoms with Gasteiger partial charge in [0, 0.05) is 16.8 Å². The average molecular weight is 280 g/mol. The monoisotopic (exact) mass is 280 g/mol. The zero-order chi connectivity index (χ0) is 15.0. The van der Waals surface area contributed by atoms with E-state index in [4.69, 9.17) is 0 Å². The van der Waals surface area contributed by atoms with Gasteiger partial charge < -0.3 is 5.32 Å². The van der Waals surface area contributed by atoms with E-state index in [1.807, 2.05) is 59.5 Å². The van der Waals surface area contributed by atoms with Crippen LogP contribution in [-0.2, 0) is 0 Å². The highest BCUT2D eigenvalue weighted by Gasteiger charge is 2.39. The maximum atomic E-state index is 13.0. The van der Waals surface area contributed by atoms with E-state index in [9.17, 15) is 4.79 Å². The third-order valence-corrected chi connectivity index (χ3v) is 3.78. The first kappa shape index (κ1) is 13.7. The third-order valence-electron chi connectivity index (χ3n) is 3.78. The van der Waals surface area contributed by atoms with E-state index in [2.05, 4.69) is 26.1 Å². The second-order valence-corrected chi connectivity index (χ2v) is 6.47. The Balaban J connectivity index is 2.13. The molecule has 108 valence electrons. The molecule has 0 saturated carbocycles. The van der Waals surface area contributed by atoms with Crippen LogP contribution in [0.15, 0.2) is 54.6 Å². The van der Waals surface area contributed by atoms with Crippen molar-refractivity contribution in [3.05, 3.63) is 60.2 Å². The number of amides is 1. The Kier molecular flexibility index (Phi) is 3.20. The van der Waals surface area contributed by atoms with Crippen molar-refractivity contribution in [2.24, 2.45) is 5.41 Å². The van der Waals surface area contributed by atoms with Crippen molar-refractivity contribution < 1.29 is 4.79 Å². The normalized spacial score (nSPS) is 18.1. The number of para-hydroxylation sites is 2. The molecule has 0 aliphatic carbocycles. The van der Waals surface area contributed by atoms with Crippen molar-refractivity contribution in [1.29, 1.82) is 0 Å². The second-order valence-electron chi connectivity index (χ2n) is 6.47. The van der Waals surface area contributed by atoms with Crippen LogP contribution in [0.2, 0.25) is 0 Å². The minimum absolute atomic E-state index is 0.0514. The fourth-order valence-corrected chi connectivity index (χ4v) is 2.71. The van der Waals surface area contributed by atoms with Gasteiger partial charge in [0.05, 0.1) is 5.56 Å². The molecule has 0 saturated heterocycles. The third kappa shape index (κ3) is 2.40. The lowest BCUT2D eigenvalue weighted by Crippen LogP contribution is -2.55. The van der Waals surface area contributed by atoms with Gasteiger partial charge in [0.15, 0.2) is 0 Å². The van der Waals surface area contributed by atoms with Crippen molar-refractivity contribution in [2.45, 2.75) is 26.9 Å². The van der Waals surface area contributed by atoms with Crippen LogP contribution < -0.4 is 10.2 Å². The molecule has 3 nitrogen and oxygen atoms in total. The summed E-state index contributed by atoms with van der Waals surface area (Å²) in [4.78, 5) is 14.8. The number of carbonyl (C=O) groups excluding carboxylic acids is 1. The molecule has 1 unspecified atom stereocenters. The fourth-order valence-electron chi connectivity index (χ4n) is 2.71. The van der Waals surface area contributed by atoms with Crippen LogP contribution in [0.25, 0.3) is 0 Å². The van der Waals surface area contributed by atoms with Crippen LogP contribution in [0.4, 0.5) is 11.4 Å². The van der Waals surface area contributed by atoms with E-state index in [-0.39, 0.29) is 17.5 Å². The van der Waals surface area contributed by atoms with Gasteiger partial charge in [-0.25, -0.2) is 0 Å². The van der Waals surface area contributed by atoms with Crippen LogP contribution in [0.1, 0.15) is 31.1 Å². The fraction of sp³-hybridized carbons (Fsp3) is 0.278. The number of hydrogen-bond acceptors (Lipinski definition) is 2. The number of fused-ring (bicyclic) bond motifs is 1. The maximum absolute atomic E-state index is 13.0. The highest BCUT2D eigenvalue weighted by atomic mass is 16.2. The first-order chi connectivity index (χ1) is 9.98. The van der Waals surface area contributed by atoms with E-state index < -0.39 is 0 Å². The Morgan fingerprint density at radius 1 is 0.952 bits per heavy atom. The predicted molar refractivity (Wildman–Crippen MR) is 86.6 cm³/mol. The molecule has 0 aromatic heterocycles. The van der Waals surface area contributed by atoms with Gasteiger partial charge in [-0.3, -0.25) is 9.69 Å². The highest BCUT2D eigenvalue weighted by Crippen LogP contribution is 2.36. The molecule has 1 aliphatic rings.